The minimum absolute atomic E-state index is 0.395. The fraction of sp³-hybridized carbons (Fsp3) is 0.700. The van der Waals surface area contributed by atoms with Crippen LogP contribution in [0.1, 0.15) is 25.0 Å². The molecule has 2 atom stereocenters. The Morgan fingerprint density at radius 2 is 2.43 bits per heavy atom. The van der Waals surface area contributed by atoms with Crippen molar-refractivity contribution >= 4 is 11.6 Å². The monoisotopic (exact) mass is 213 g/mol. The van der Waals surface area contributed by atoms with Crippen molar-refractivity contribution in [3.8, 4) is 0 Å². The first-order valence-electron chi connectivity index (χ1n) is 5.10. The molecule has 2 rings (SSSR count). The molecule has 0 saturated heterocycles. The SMILES string of the molecule is Cc1nn(CC2CCC(N)C2)cc1Cl. The Morgan fingerprint density at radius 1 is 1.64 bits per heavy atom. The second kappa shape index (κ2) is 3.91. The molecule has 1 heterocycles. The lowest BCUT2D eigenvalue weighted by Crippen LogP contribution is -2.16. The van der Waals surface area contributed by atoms with Crippen LogP contribution in [-0.4, -0.2) is 15.8 Å². The summed E-state index contributed by atoms with van der Waals surface area (Å²) in [5.41, 5.74) is 6.77. The number of aromatic nitrogens is 2. The van der Waals surface area contributed by atoms with Gasteiger partial charge in [-0.05, 0) is 32.1 Å². The second-order valence-electron chi connectivity index (χ2n) is 4.22. The lowest BCUT2D eigenvalue weighted by atomic mass is 10.1. The average molecular weight is 214 g/mol. The average Bonchev–Trinajstić information content (AvgIpc) is 2.62. The topological polar surface area (TPSA) is 43.8 Å². The maximum atomic E-state index is 5.94. The van der Waals surface area contributed by atoms with E-state index in [0.717, 1.165) is 30.1 Å². The maximum Gasteiger partial charge on any atom is 0.0814 e. The molecule has 0 aliphatic heterocycles. The molecule has 1 fully saturated rings. The van der Waals surface area contributed by atoms with E-state index in [2.05, 4.69) is 5.10 Å². The van der Waals surface area contributed by atoms with Crippen LogP contribution in [0.2, 0.25) is 5.02 Å². The van der Waals surface area contributed by atoms with Crippen LogP contribution < -0.4 is 5.73 Å². The lowest BCUT2D eigenvalue weighted by molar-refractivity contribution is 0.423. The normalized spacial score (nSPS) is 27.1. The summed E-state index contributed by atoms with van der Waals surface area (Å²) >= 11 is 5.94. The number of nitrogens with zero attached hydrogens (tertiary/aromatic N) is 2. The first kappa shape index (κ1) is 9.99. The summed E-state index contributed by atoms with van der Waals surface area (Å²) in [6.07, 6.45) is 5.40. The standard InChI is InChI=1S/C10H16ClN3/c1-7-10(11)6-14(13-7)5-8-2-3-9(12)4-8/h6,8-9H,2-5,12H2,1H3. The van der Waals surface area contributed by atoms with Crippen LogP contribution in [0.3, 0.4) is 0 Å². The van der Waals surface area contributed by atoms with E-state index >= 15 is 0 Å². The minimum atomic E-state index is 0.395. The van der Waals surface area contributed by atoms with Gasteiger partial charge < -0.3 is 5.73 Å². The van der Waals surface area contributed by atoms with E-state index in [1.165, 1.54) is 6.42 Å². The summed E-state index contributed by atoms with van der Waals surface area (Å²) in [5.74, 6) is 0.681. The quantitative estimate of drug-likeness (QED) is 0.817. The number of halogens is 1. The Morgan fingerprint density at radius 3 is 2.93 bits per heavy atom. The van der Waals surface area contributed by atoms with Crippen molar-refractivity contribution in [2.75, 3.05) is 0 Å². The van der Waals surface area contributed by atoms with E-state index in [1.54, 1.807) is 0 Å². The van der Waals surface area contributed by atoms with Crippen molar-refractivity contribution in [2.45, 2.75) is 38.8 Å². The van der Waals surface area contributed by atoms with E-state index < -0.39 is 0 Å². The predicted molar refractivity (Wildman–Crippen MR) is 57.3 cm³/mol. The van der Waals surface area contributed by atoms with Crippen LogP contribution in [0, 0.1) is 12.8 Å². The first-order valence-corrected chi connectivity index (χ1v) is 5.48. The van der Waals surface area contributed by atoms with Gasteiger partial charge >= 0.3 is 0 Å². The van der Waals surface area contributed by atoms with Gasteiger partial charge in [0, 0.05) is 18.8 Å². The number of rotatable bonds is 2. The zero-order valence-corrected chi connectivity index (χ0v) is 9.17. The van der Waals surface area contributed by atoms with E-state index in [-0.39, 0.29) is 0 Å². The van der Waals surface area contributed by atoms with E-state index in [9.17, 15) is 0 Å². The fourth-order valence-electron chi connectivity index (χ4n) is 2.13. The molecule has 0 spiro atoms. The molecular formula is C10H16ClN3. The van der Waals surface area contributed by atoms with Gasteiger partial charge in [-0.15, -0.1) is 0 Å². The van der Waals surface area contributed by atoms with Gasteiger partial charge in [-0.25, -0.2) is 0 Å². The molecule has 1 aromatic heterocycles. The van der Waals surface area contributed by atoms with Gasteiger partial charge in [0.25, 0.3) is 0 Å². The lowest BCUT2D eigenvalue weighted by Gasteiger charge is -2.08. The van der Waals surface area contributed by atoms with Gasteiger partial charge in [-0.3, -0.25) is 4.68 Å². The largest absolute Gasteiger partial charge is 0.328 e. The highest BCUT2D eigenvalue weighted by atomic mass is 35.5. The van der Waals surface area contributed by atoms with Crippen molar-refractivity contribution in [1.29, 1.82) is 0 Å². The van der Waals surface area contributed by atoms with Gasteiger partial charge in [-0.1, -0.05) is 11.6 Å². The molecule has 0 amide bonds. The molecule has 14 heavy (non-hydrogen) atoms. The highest BCUT2D eigenvalue weighted by molar-refractivity contribution is 6.31. The fourth-order valence-corrected chi connectivity index (χ4v) is 2.28. The summed E-state index contributed by atoms with van der Waals surface area (Å²) in [6, 6.07) is 0.395. The Kier molecular flexibility index (Phi) is 2.79. The Hall–Kier alpha value is -0.540. The van der Waals surface area contributed by atoms with Crippen molar-refractivity contribution in [2.24, 2.45) is 11.7 Å². The van der Waals surface area contributed by atoms with Crippen LogP contribution in [0.4, 0.5) is 0 Å². The molecule has 1 aliphatic rings. The van der Waals surface area contributed by atoms with Gasteiger partial charge in [0.2, 0.25) is 0 Å². The Labute approximate surface area is 89.2 Å². The van der Waals surface area contributed by atoms with Crippen LogP contribution in [0.5, 0.6) is 0 Å². The molecule has 0 aromatic carbocycles. The molecule has 0 radical (unpaired) electrons. The minimum Gasteiger partial charge on any atom is -0.328 e. The van der Waals surface area contributed by atoms with Gasteiger partial charge in [0.05, 0.1) is 10.7 Å². The number of aryl methyl sites for hydroxylation is 1. The van der Waals surface area contributed by atoms with Crippen molar-refractivity contribution in [3.63, 3.8) is 0 Å². The highest BCUT2D eigenvalue weighted by Crippen LogP contribution is 2.26. The molecule has 3 nitrogen and oxygen atoms in total. The van der Waals surface area contributed by atoms with Crippen molar-refractivity contribution in [1.82, 2.24) is 9.78 Å². The van der Waals surface area contributed by atoms with Gasteiger partial charge in [0.15, 0.2) is 0 Å². The summed E-state index contributed by atoms with van der Waals surface area (Å²) in [6.45, 7) is 2.89. The van der Waals surface area contributed by atoms with E-state index in [0.29, 0.717) is 12.0 Å². The summed E-state index contributed by atoms with van der Waals surface area (Å²) < 4.78 is 1.94. The zero-order chi connectivity index (χ0) is 10.1. The summed E-state index contributed by atoms with van der Waals surface area (Å²) in [7, 11) is 0. The smallest absolute Gasteiger partial charge is 0.0814 e. The molecular weight excluding hydrogens is 198 g/mol. The van der Waals surface area contributed by atoms with Crippen LogP contribution in [0.25, 0.3) is 0 Å². The van der Waals surface area contributed by atoms with Gasteiger partial charge in [0.1, 0.15) is 0 Å². The third-order valence-corrected chi connectivity index (χ3v) is 3.28. The third-order valence-electron chi connectivity index (χ3n) is 2.91. The second-order valence-corrected chi connectivity index (χ2v) is 4.63. The van der Waals surface area contributed by atoms with E-state index in [4.69, 9.17) is 17.3 Å². The number of hydrogen-bond acceptors (Lipinski definition) is 2. The Balaban J connectivity index is 1.97. The summed E-state index contributed by atoms with van der Waals surface area (Å²) in [5, 5.41) is 5.10. The number of hydrogen-bond donors (Lipinski definition) is 1. The Bertz CT molecular complexity index is 302. The molecule has 2 N–H and O–H groups in total. The maximum absolute atomic E-state index is 5.94. The number of nitrogens with two attached hydrogens (primary N) is 1. The van der Waals surface area contributed by atoms with Crippen molar-refractivity contribution in [3.05, 3.63) is 16.9 Å². The molecule has 1 saturated carbocycles. The first-order chi connectivity index (χ1) is 6.65. The molecule has 1 aromatic rings. The molecule has 2 unspecified atom stereocenters. The zero-order valence-electron chi connectivity index (χ0n) is 8.41. The molecule has 1 aliphatic carbocycles. The van der Waals surface area contributed by atoms with Crippen LogP contribution in [0.15, 0.2) is 6.20 Å². The summed E-state index contributed by atoms with van der Waals surface area (Å²) in [4.78, 5) is 0. The van der Waals surface area contributed by atoms with E-state index in [1.807, 2.05) is 17.8 Å². The molecule has 0 bridgehead atoms. The third kappa shape index (κ3) is 2.10. The molecule has 4 heteroatoms. The van der Waals surface area contributed by atoms with Crippen LogP contribution >= 0.6 is 11.6 Å². The highest BCUT2D eigenvalue weighted by Gasteiger charge is 2.22. The van der Waals surface area contributed by atoms with Crippen molar-refractivity contribution < 1.29 is 0 Å². The molecule has 78 valence electrons. The van der Waals surface area contributed by atoms with Gasteiger partial charge in [-0.2, -0.15) is 5.10 Å². The predicted octanol–water partition coefficient (Wildman–Crippen LogP) is 1.97. The van der Waals surface area contributed by atoms with Crippen LogP contribution in [-0.2, 0) is 6.54 Å².